The minimum absolute atomic E-state index is 0.0226. The number of nitrogens with zero attached hydrogens (tertiary/aromatic N) is 1. The van der Waals surface area contributed by atoms with Gasteiger partial charge >= 0.3 is 0 Å². The van der Waals surface area contributed by atoms with Crippen molar-refractivity contribution in [3.63, 3.8) is 0 Å². The van der Waals surface area contributed by atoms with E-state index in [4.69, 9.17) is 5.73 Å². The van der Waals surface area contributed by atoms with Gasteiger partial charge in [-0.1, -0.05) is 13.8 Å². The molecular weight excluding hydrogens is 202 g/mol. The minimum Gasteiger partial charge on any atom is -0.328 e. The average Bonchev–Trinajstić information content (AvgIpc) is 2.04. The molecule has 14 heavy (non-hydrogen) atoms. The van der Waals surface area contributed by atoms with E-state index in [-0.39, 0.29) is 6.04 Å². The van der Waals surface area contributed by atoms with Crippen molar-refractivity contribution >= 4 is 10.2 Å². The van der Waals surface area contributed by atoms with Crippen molar-refractivity contribution in [2.45, 2.75) is 33.2 Å². The zero-order chi connectivity index (χ0) is 11.2. The second-order valence-electron chi connectivity index (χ2n) is 3.25. The molecule has 0 aromatic rings. The zero-order valence-corrected chi connectivity index (χ0v) is 9.97. The molecule has 1 atom stereocenters. The van der Waals surface area contributed by atoms with Gasteiger partial charge in [-0.3, -0.25) is 0 Å². The summed E-state index contributed by atoms with van der Waals surface area (Å²) in [5.41, 5.74) is 5.51. The van der Waals surface area contributed by atoms with Gasteiger partial charge in [-0.15, -0.1) is 0 Å². The van der Waals surface area contributed by atoms with Crippen LogP contribution in [0.1, 0.15) is 27.2 Å². The molecule has 0 fully saturated rings. The van der Waals surface area contributed by atoms with Crippen LogP contribution in [0.4, 0.5) is 0 Å². The largest absolute Gasteiger partial charge is 0.328 e. The van der Waals surface area contributed by atoms with Crippen LogP contribution in [0.3, 0.4) is 0 Å². The van der Waals surface area contributed by atoms with Gasteiger partial charge in [-0.05, 0) is 13.3 Å². The summed E-state index contributed by atoms with van der Waals surface area (Å²) in [5.74, 6) is 0. The normalized spacial score (nSPS) is 14.6. The third-order valence-corrected chi connectivity index (χ3v) is 3.69. The van der Waals surface area contributed by atoms with E-state index in [1.807, 2.05) is 20.8 Å². The highest BCUT2D eigenvalue weighted by molar-refractivity contribution is 7.87. The van der Waals surface area contributed by atoms with Crippen LogP contribution in [0.15, 0.2) is 0 Å². The standard InChI is InChI=1S/C8H21N3O2S/c1-4-11(5-2)14(12,13)10-7-6-8(3)9/h8,10H,4-7,9H2,1-3H3. The Morgan fingerprint density at radius 3 is 2.21 bits per heavy atom. The minimum atomic E-state index is -3.29. The molecule has 0 aliphatic rings. The maximum atomic E-state index is 11.5. The summed E-state index contributed by atoms with van der Waals surface area (Å²) in [5, 5.41) is 0. The van der Waals surface area contributed by atoms with E-state index < -0.39 is 10.2 Å². The van der Waals surface area contributed by atoms with Gasteiger partial charge in [0, 0.05) is 25.7 Å². The van der Waals surface area contributed by atoms with Crippen molar-refractivity contribution in [3.05, 3.63) is 0 Å². The molecule has 1 unspecified atom stereocenters. The third kappa shape index (κ3) is 4.90. The molecular formula is C8H21N3O2S. The molecule has 0 aromatic heterocycles. The molecule has 0 heterocycles. The van der Waals surface area contributed by atoms with E-state index in [2.05, 4.69) is 4.72 Å². The van der Waals surface area contributed by atoms with Crippen molar-refractivity contribution in [2.75, 3.05) is 19.6 Å². The smallest absolute Gasteiger partial charge is 0.279 e. The molecule has 0 amide bonds. The Balaban J connectivity index is 4.07. The van der Waals surface area contributed by atoms with E-state index in [9.17, 15) is 8.42 Å². The quantitative estimate of drug-likeness (QED) is 0.633. The predicted octanol–water partition coefficient (Wildman–Crippen LogP) is -0.100. The van der Waals surface area contributed by atoms with Gasteiger partial charge in [0.05, 0.1) is 0 Å². The van der Waals surface area contributed by atoms with Gasteiger partial charge in [0.15, 0.2) is 0 Å². The average molecular weight is 223 g/mol. The van der Waals surface area contributed by atoms with Gasteiger partial charge in [0.2, 0.25) is 0 Å². The Morgan fingerprint density at radius 1 is 1.36 bits per heavy atom. The second kappa shape index (κ2) is 6.34. The molecule has 0 rings (SSSR count). The van der Waals surface area contributed by atoms with E-state index in [0.717, 1.165) is 0 Å². The molecule has 0 saturated carbocycles. The molecule has 3 N–H and O–H groups in total. The van der Waals surface area contributed by atoms with Gasteiger partial charge in [-0.2, -0.15) is 12.7 Å². The highest BCUT2D eigenvalue weighted by Gasteiger charge is 2.17. The third-order valence-electron chi connectivity index (χ3n) is 1.93. The van der Waals surface area contributed by atoms with Crippen LogP contribution in [0.25, 0.3) is 0 Å². The number of hydrogen-bond acceptors (Lipinski definition) is 3. The van der Waals surface area contributed by atoms with Crippen LogP contribution in [0, 0.1) is 0 Å². The van der Waals surface area contributed by atoms with Crippen LogP contribution in [0.5, 0.6) is 0 Å². The second-order valence-corrected chi connectivity index (χ2v) is 5.00. The first kappa shape index (κ1) is 13.8. The highest BCUT2D eigenvalue weighted by atomic mass is 32.2. The van der Waals surface area contributed by atoms with Crippen LogP contribution in [-0.2, 0) is 10.2 Å². The van der Waals surface area contributed by atoms with Gasteiger partial charge in [0.25, 0.3) is 10.2 Å². The van der Waals surface area contributed by atoms with Crippen LogP contribution >= 0.6 is 0 Å². The molecule has 5 nitrogen and oxygen atoms in total. The molecule has 0 aromatic carbocycles. The summed E-state index contributed by atoms with van der Waals surface area (Å²) in [4.78, 5) is 0. The molecule has 0 radical (unpaired) electrons. The van der Waals surface area contributed by atoms with E-state index in [1.165, 1.54) is 4.31 Å². The van der Waals surface area contributed by atoms with Crippen LogP contribution in [-0.4, -0.2) is 38.4 Å². The first-order chi connectivity index (χ1) is 6.44. The molecule has 0 aliphatic heterocycles. The lowest BCUT2D eigenvalue weighted by Gasteiger charge is -2.19. The fraction of sp³-hybridized carbons (Fsp3) is 1.00. The van der Waals surface area contributed by atoms with Crippen molar-refractivity contribution in [3.8, 4) is 0 Å². The summed E-state index contributed by atoms with van der Waals surface area (Å²) in [6.07, 6.45) is 0.653. The fourth-order valence-corrected chi connectivity index (χ4v) is 2.31. The zero-order valence-electron chi connectivity index (χ0n) is 9.16. The summed E-state index contributed by atoms with van der Waals surface area (Å²) in [7, 11) is -3.29. The molecule has 86 valence electrons. The Hall–Kier alpha value is -0.170. The SMILES string of the molecule is CCN(CC)S(=O)(=O)NCCC(C)N. The predicted molar refractivity (Wildman–Crippen MR) is 58.1 cm³/mol. The maximum Gasteiger partial charge on any atom is 0.279 e. The summed E-state index contributed by atoms with van der Waals surface area (Å²) in [6.45, 7) is 6.86. The molecule has 0 aliphatic carbocycles. The van der Waals surface area contributed by atoms with E-state index in [1.54, 1.807) is 0 Å². The molecule has 0 saturated heterocycles. The monoisotopic (exact) mass is 223 g/mol. The summed E-state index contributed by atoms with van der Waals surface area (Å²) >= 11 is 0. The van der Waals surface area contributed by atoms with Gasteiger partial charge < -0.3 is 5.73 Å². The lowest BCUT2D eigenvalue weighted by atomic mass is 10.3. The first-order valence-electron chi connectivity index (χ1n) is 4.94. The van der Waals surface area contributed by atoms with Crippen molar-refractivity contribution in [2.24, 2.45) is 5.73 Å². The number of rotatable bonds is 7. The molecule has 0 bridgehead atoms. The maximum absolute atomic E-state index is 11.5. The number of hydrogen-bond donors (Lipinski definition) is 2. The van der Waals surface area contributed by atoms with Crippen molar-refractivity contribution in [1.29, 1.82) is 0 Å². The molecule has 6 heteroatoms. The summed E-state index contributed by atoms with van der Waals surface area (Å²) < 4.78 is 27.0. The van der Waals surface area contributed by atoms with E-state index >= 15 is 0 Å². The first-order valence-corrected chi connectivity index (χ1v) is 6.38. The lowest BCUT2D eigenvalue weighted by molar-refractivity contribution is 0.433. The molecule has 0 spiro atoms. The van der Waals surface area contributed by atoms with Gasteiger partial charge in [-0.25, -0.2) is 4.72 Å². The Bertz CT molecular complexity index is 235. The van der Waals surface area contributed by atoms with Crippen LogP contribution < -0.4 is 10.5 Å². The Morgan fingerprint density at radius 2 is 1.86 bits per heavy atom. The Kier molecular flexibility index (Phi) is 6.26. The van der Waals surface area contributed by atoms with Crippen LogP contribution in [0.2, 0.25) is 0 Å². The van der Waals surface area contributed by atoms with Crippen molar-refractivity contribution < 1.29 is 8.42 Å². The summed E-state index contributed by atoms with van der Waals surface area (Å²) in [6, 6.07) is 0.0226. The topological polar surface area (TPSA) is 75.4 Å². The van der Waals surface area contributed by atoms with Crippen molar-refractivity contribution in [1.82, 2.24) is 9.03 Å². The lowest BCUT2D eigenvalue weighted by Crippen LogP contribution is -2.41. The fourth-order valence-electron chi connectivity index (χ4n) is 1.07. The highest BCUT2D eigenvalue weighted by Crippen LogP contribution is 1.96. The number of nitrogens with one attached hydrogen (secondary N) is 1. The van der Waals surface area contributed by atoms with E-state index in [0.29, 0.717) is 26.1 Å². The number of nitrogens with two attached hydrogens (primary N) is 1. The Labute approximate surface area is 86.8 Å². The van der Waals surface area contributed by atoms with Gasteiger partial charge in [0.1, 0.15) is 0 Å².